The summed E-state index contributed by atoms with van der Waals surface area (Å²) >= 11 is 5.47. The Labute approximate surface area is 819 Å². The topological polar surface area (TPSA) is 303 Å². The maximum absolute atomic E-state index is 13.8. The summed E-state index contributed by atoms with van der Waals surface area (Å²) in [6, 6.07) is 85.4. The third kappa shape index (κ3) is 36.3. The monoisotopic (exact) mass is 1890 g/mol. The summed E-state index contributed by atoms with van der Waals surface area (Å²) in [7, 11) is 0. The number of benzene rings is 10. The number of ether oxygens (including phenoxy) is 6. The number of halogens is 1. The smallest absolute Gasteiger partial charge is 0.342 e. The average Bonchev–Trinajstić information content (AvgIpc) is 0.755. The molecule has 0 saturated heterocycles. The lowest BCUT2D eigenvalue weighted by Gasteiger charge is -2.21. The van der Waals surface area contributed by atoms with Gasteiger partial charge in [0.05, 0.1) is 69.3 Å². The van der Waals surface area contributed by atoms with E-state index in [0.717, 1.165) is 170 Å². The minimum Gasteiger partial charge on any atom is -0.488 e. The molecule has 6 N–H and O–H groups in total. The molecular formula is C115H147ClN6O15. The Morgan fingerprint density at radius 1 is 0.431 bits per heavy atom. The highest BCUT2D eigenvalue weighted by atomic mass is 35.5. The number of allylic oxidation sites excluding steroid dienone is 2. The van der Waals surface area contributed by atoms with Gasteiger partial charge in [-0.15, -0.1) is 0 Å². The van der Waals surface area contributed by atoms with E-state index in [9.17, 15) is 28.8 Å². The third-order valence-electron chi connectivity index (χ3n) is 21.6. The maximum atomic E-state index is 13.8. The fraction of sp³-hybridized carbons (Fsp3) is 0.330. The fourth-order valence-corrected chi connectivity index (χ4v) is 14.9. The largest absolute Gasteiger partial charge is 0.488 e. The van der Waals surface area contributed by atoms with Crippen molar-refractivity contribution in [2.75, 3.05) is 18.9 Å². The zero-order valence-corrected chi connectivity index (χ0v) is 75.9. The number of esters is 2. The molecule has 2 aromatic heterocycles. The molecule has 4 aliphatic carbocycles. The van der Waals surface area contributed by atoms with E-state index in [0.29, 0.717) is 127 Å². The summed E-state index contributed by atoms with van der Waals surface area (Å²) in [5.74, 6) is 2.75. The van der Waals surface area contributed by atoms with E-state index < -0.39 is 11.2 Å². The number of hydrogen-bond acceptors (Lipinski definition) is 18. The summed E-state index contributed by atoms with van der Waals surface area (Å²) in [5.41, 5.74) is 27.9. The first-order valence-corrected chi connectivity index (χ1v) is 44.9. The van der Waals surface area contributed by atoms with Crippen molar-refractivity contribution in [3.63, 3.8) is 0 Å². The Bertz CT molecular complexity index is 5870. The van der Waals surface area contributed by atoms with Gasteiger partial charge in [-0.1, -0.05) is 274 Å². The van der Waals surface area contributed by atoms with Gasteiger partial charge in [0, 0.05) is 31.0 Å². The number of anilines is 1. The predicted molar refractivity (Wildman–Crippen MR) is 560 cm³/mol. The van der Waals surface area contributed by atoms with Crippen LogP contribution in [0.1, 0.15) is 267 Å². The van der Waals surface area contributed by atoms with E-state index in [2.05, 4.69) is 62.3 Å². The molecule has 0 bridgehead atoms. The first-order valence-electron chi connectivity index (χ1n) is 44.5. The number of nitrogen functional groups attached to an aromatic ring is 1. The number of aryl methyl sites for hydroxylation is 2. The van der Waals surface area contributed by atoms with Gasteiger partial charge >= 0.3 is 17.6 Å². The Morgan fingerprint density at radius 2 is 0.788 bits per heavy atom. The molecule has 21 nitrogen and oxygen atoms in total. The molecular weight excluding hydrogens is 1740 g/mol. The van der Waals surface area contributed by atoms with Crippen LogP contribution in [0.5, 0.6) is 23.0 Å². The zero-order chi connectivity index (χ0) is 92.5. The molecule has 10 aromatic carbocycles. The maximum Gasteiger partial charge on any atom is 0.342 e. The molecule has 0 saturated carbocycles. The number of amides is 1. The van der Waals surface area contributed by atoms with Gasteiger partial charge < -0.3 is 54.7 Å². The number of nitrogens with one attached hydrogen (secondary N) is 1. The first-order chi connectivity index (χ1) is 63.1. The molecule has 0 radical (unpaired) electrons. The van der Waals surface area contributed by atoms with Gasteiger partial charge in [-0.25, -0.2) is 24.4 Å². The summed E-state index contributed by atoms with van der Waals surface area (Å²) in [5, 5.41) is 9.83. The molecule has 0 unspecified atom stereocenters. The second kappa shape index (κ2) is 61.9. The van der Waals surface area contributed by atoms with Gasteiger partial charge in [0.25, 0.3) is 22.7 Å². The van der Waals surface area contributed by atoms with Crippen LogP contribution >= 0.6 is 11.6 Å². The fourth-order valence-electron chi connectivity index (χ4n) is 14.7. The number of aromatic nitrogens is 3. The van der Waals surface area contributed by atoms with Crippen LogP contribution in [-0.4, -0.2) is 61.9 Å². The number of carbonyl (C=O) groups excluding carboxylic acids is 4. The number of rotatable bonds is 24. The zero-order valence-electron chi connectivity index (χ0n) is 75.2. The van der Waals surface area contributed by atoms with Crippen LogP contribution in [0.25, 0.3) is 28.5 Å². The Kier molecular flexibility index (Phi) is 52.9. The van der Waals surface area contributed by atoms with Crippen LogP contribution in [0.4, 0.5) is 5.69 Å². The summed E-state index contributed by atoms with van der Waals surface area (Å²) in [6.07, 6.45) is 14.3. The molecule has 0 aliphatic heterocycles. The van der Waals surface area contributed by atoms with E-state index in [1.807, 2.05) is 206 Å². The van der Waals surface area contributed by atoms with Crippen molar-refractivity contribution in [1.82, 2.24) is 19.9 Å². The van der Waals surface area contributed by atoms with E-state index in [-0.39, 0.29) is 82.4 Å². The summed E-state index contributed by atoms with van der Waals surface area (Å²) < 4.78 is 41.0. The Hall–Kier alpha value is -13.9. The summed E-state index contributed by atoms with van der Waals surface area (Å²) in [6.45, 7) is 15.8. The van der Waals surface area contributed by atoms with Crippen molar-refractivity contribution < 1.29 is 63.3 Å². The highest BCUT2D eigenvalue weighted by molar-refractivity contribution is 6.68. The van der Waals surface area contributed by atoms with Crippen LogP contribution in [0, 0.1) is 0 Å². The molecule has 16 rings (SSSR count). The normalized spacial score (nSPS) is 12.2. The number of aliphatic carboxylic acids is 1. The van der Waals surface area contributed by atoms with Crippen LogP contribution in [0.2, 0.25) is 0 Å². The van der Waals surface area contributed by atoms with Crippen molar-refractivity contribution in [3.05, 3.63) is 377 Å². The van der Waals surface area contributed by atoms with Gasteiger partial charge in [0.15, 0.2) is 5.82 Å². The van der Waals surface area contributed by atoms with Gasteiger partial charge in [-0.05, 0) is 246 Å². The SMILES string of the molecule is C.C.C.C.C.C.C.CC(=O)O.CC(C)c1ccc(-n2c(-c3ccccc3OCc3ccccc3)nc3c(c2=O)CCCC3)cc1.CC(C)c1ccc(N)cc1.CCOC(=O)C1=C(N)CCCC1.CCOC(=O)C1=C(NC(=O)c2ccccc2OCc2ccccc2)CCCC1.O=C(Cl)c1ccccc1OCc1ccccc1.O=c1oc(-c2ccccc2OCc2ccccc2)nc2c1CCCC2.[HH]. The number of carbonyl (C=O) groups is 5. The average molecular weight is 1890 g/mol. The number of carboxylic acids is 1. The molecule has 0 fully saturated rings. The van der Waals surface area contributed by atoms with Crippen LogP contribution in [0.3, 0.4) is 0 Å². The van der Waals surface area contributed by atoms with E-state index >= 15 is 0 Å². The highest BCUT2D eigenvalue weighted by Gasteiger charge is 2.27. The first kappa shape index (κ1) is 117. The molecule has 0 atom stereocenters. The standard InChI is InChI=1S/C30H30N2O2.C23H25NO4.C21H19NO3.C14H11ClO2.C9H15NO2.C9H13N.C2H4O2.7CH4.H2/c1-21(2)23-16-18-24(19-17-23)32-29(31-27-14-8-6-12-25(27)30(32)33)26-13-7-9-15-28(26)34-20-22-10-4-3-5-11-22;1-2-27-23(26)18-12-6-8-14-20(18)24-22(25)19-13-7-9-15-21(19)28-16-17-10-4-3-5-11-17;23-21-16-10-4-6-12-18(16)22-20(25-21)17-11-5-7-13-19(17)24-14-15-8-2-1-3-9-15;15-14(16)12-8-4-5-9-13(12)17-10-11-6-2-1-3-7-11;1-2-12-9(11)7-5-3-4-6-8(7)10;1-7(2)8-3-5-9(10)6-4-8;1-2(3)4;;;;;;;;/h3-5,7,9-11,13,15-19,21H,6,8,12,14,20H2,1-2H3;3-5,7,9-11,13,15H,2,6,8,12,14,16H2,1H3,(H,24,25);1-3,5,7-9,11,13H,4,6,10,12,14H2;1-9H,10H2;2-6,10H2,1H3;3-7H,10H2,1-2H3;1H3,(H,3,4);7*1H4;1H. The minimum atomic E-state index is -0.833. The van der Waals surface area contributed by atoms with E-state index in [1.165, 1.54) is 11.1 Å². The lowest BCUT2D eigenvalue weighted by atomic mass is 9.96. The molecule has 2 heterocycles. The summed E-state index contributed by atoms with van der Waals surface area (Å²) in [4.78, 5) is 92.3. The number of para-hydroxylation sites is 4. The van der Waals surface area contributed by atoms with Crippen molar-refractivity contribution >= 4 is 46.3 Å². The van der Waals surface area contributed by atoms with Gasteiger partial charge in [-0.2, -0.15) is 0 Å². The molecule has 1 amide bonds. The van der Waals surface area contributed by atoms with Crippen LogP contribution < -0.4 is 46.9 Å². The van der Waals surface area contributed by atoms with Crippen LogP contribution in [-0.2, 0) is 76.0 Å². The van der Waals surface area contributed by atoms with Gasteiger partial charge in [0.1, 0.15) is 49.4 Å². The molecule has 22 heteroatoms. The number of fused-ring (bicyclic) bond motifs is 2. The van der Waals surface area contributed by atoms with Gasteiger partial charge in [0.2, 0.25) is 5.89 Å². The number of carboxylic acid groups (broad SMARTS) is 1. The Morgan fingerprint density at radius 3 is 1.25 bits per heavy atom. The number of hydrogen-bond donors (Lipinski definition) is 4. The second-order valence-corrected chi connectivity index (χ2v) is 32.2. The lowest BCUT2D eigenvalue weighted by Crippen LogP contribution is -2.29. The lowest BCUT2D eigenvalue weighted by molar-refractivity contribution is -0.139. The predicted octanol–water partition coefficient (Wildman–Crippen LogP) is 27.2. The van der Waals surface area contributed by atoms with Crippen molar-refractivity contribution in [3.8, 4) is 51.5 Å². The Balaban J connectivity index is 0.000000570. The van der Waals surface area contributed by atoms with E-state index in [4.69, 9.17) is 70.8 Å². The molecule has 12 aromatic rings. The molecule has 4 aliphatic rings. The minimum absolute atomic E-state index is 0. The second-order valence-electron chi connectivity index (χ2n) is 31.9. The quantitative estimate of drug-likeness (QED) is 0.0248. The third-order valence-corrected chi connectivity index (χ3v) is 21.8. The van der Waals surface area contributed by atoms with Crippen molar-refractivity contribution in [1.29, 1.82) is 0 Å². The molecule has 0 spiro atoms. The van der Waals surface area contributed by atoms with Crippen molar-refractivity contribution in [2.45, 2.75) is 241 Å². The van der Waals surface area contributed by atoms with Crippen molar-refractivity contribution in [2.24, 2.45) is 5.73 Å². The van der Waals surface area contributed by atoms with E-state index in [1.54, 1.807) is 54.8 Å². The van der Waals surface area contributed by atoms with Gasteiger partial charge in [-0.3, -0.25) is 23.7 Å². The van der Waals surface area contributed by atoms with Crippen LogP contribution in [0.15, 0.2) is 303 Å². The number of nitrogens with zero attached hydrogens (tertiary/aromatic N) is 3. The molecule has 734 valence electrons. The number of nitrogens with two attached hydrogens (primary N) is 2. The highest BCUT2D eigenvalue weighted by Crippen LogP contribution is 2.35. The molecule has 137 heavy (non-hydrogen) atoms.